The monoisotopic (exact) mass is 625 g/mol. The predicted octanol–water partition coefficient (Wildman–Crippen LogP) is 5.62. The molecule has 2 fully saturated rings. The van der Waals surface area contributed by atoms with E-state index in [2.05, 4.69) is 17.4 Å². The first kappa shape index (κ1) is 30.6. The molecule has 1 unspecified atom stereocenters. The number of aryl methyl sites for hydroxylation is 1. The van der Waals surface area contributed by atoms with Gasteiger partial charge in [-0.1, -0.05) is 59.6 Å². The van der Waals surface area contributed by atoms with Gasteiger partial charge in [0, 0.05) is 50.1 Å². The van der Waals surface area contributed by atoms with Crippen molar-refractivity contribution in [2.45, 2.75) is 57.5 Å². The molecular weight excluding hydrogens is 590 g/mol. The number of amides is 3. The average molecular weight is 626 g/mol. The van der Waals surface area contributed by atoms with E-state index >= 15 is 0 Å². The molecule has 0 saturated carbocycles. The Morgan fingerprint density at radius 1 is 0.978 bits per heavy atom. The van der Waals surface area contributed by atoms with Crippen LogP contribution in [0.3, 0.4) is 0 Å². The summed E-state index contributed by atoms with van der Waals surface area (Å²) in [5, 5.41) is 3.84. The molecular formula is C36H36ClN3O5. The Morgan fingerprint density at radius 2 is 1.73 bits per heavy atom. The molecule has 0 radical (unpaired) electrons. The number of halogens is 1. The number of nitrogens with one attached hydrogen (secondary N) is 1. The highest BCUT2D eigenvalue weighted by molar-refractivity contribution is 6.30. The van der Waals surface area contributed by atoms with Gasteiger partial charge in [0.1, 0.15) is 11.6 Å². The van der Waals surface area contributed by atoms with Crippen molar-refractivity contribution in [3.8, 4) is 0 Å². The first-order valence-corrected chi connectivity index (χ1v) is 15.9. The van der Waals surface area contributed by atoms with Gasteiger partial charge in [-0.05, 0) is 73.1 Å². The molecule has 1 atom stereocenters. The molecule has 0 bridgehead atoms. The van der Waals surface area contributed by atoms with Gasteiger partial charge in [0.2, 0.25) is 11.8 Å². The van der Waals surface area contributed by atoms with Crippen molar-refractivity contribution in [2.75, 3.05) is 19.6 Å². The third-order valence-corrected chi connectivity index (χ3v) is 9.15. The van der Waals surface area contributed by atoms with Gasteiger partial charge < -0.3 is 19.5 Å². The van der Waals surface area contributed by atoms with E-state index in [-0.39, 0.29) is 35.3 Å². The topological polar surface area (TPSA) is 99.9 Å². The van der Waals surface area contributed by atoms with Crippen LogP contribution in [0.1, 0.15) is 64.4 Å². The minimum Gasteiger partial charge on any atom is -0.451 e. The zero-order valence-corrected chi connectivity index (χ0v) is 26.0. The Balaban J connectivity index is 1.18. The Morgan fingerprint density at radius 3 is 2.47 bits per heavy atom. The molecule has 232 valence electrons. The number of likely N-dealkylation sites (tertiary alicyclic amines) is 2. The van der Waals surface area contributed by atoms with Crippen molar-refractivity contribution >= 4 is 40.3 Å². The van der Waals surface area contributed by atoms with Crippen molar-refractivity contribution in [1.29, 1.82) is 0 Å². The maximum Gasteiger partial charge on any atom is 0.287 e. The van der Waals surface area contributed by atoms with Crippen LogP contribution in [0, 0.1) is 6.92 Å². The lowest BCUT2D eigenvalue weighted by Gasteiger charge is -2.35. The summed E-state index contributed by atoms with van der Waals surface area (Å²) in [6.07, 6.45) is 3.32. The van der Waals surface area contributed by atoms with Crippen LogP contribution in [-0.4, -0.2) is 53.2 Å². The zero-order valence-electron chi connectivity index (χ0n) is 25.3. The Bertz CT molecular complexity index is 1790. The molecule has 8 nitrogen and oxygen atoms in total. The fourth-order valence-electron chi connectivity index (χ4n) is 6.45. The SMILES string of the molecule is Cc1ccc2oc(C(=O)NC(Cc3ccc(Cl)cc3)C(=O)N3CCC(c4ccccc4CN4CCCC4=O)CC3)cc(=O)c2c1. The van der Waals surface area contributed by atoms with Crippen molar-refractivity contribution in [3.05, 3.63) is 116 Å². The summed E-state index contributed by atoms with van der Waals surface area (Å²) in [6.45, 7) is 4.37. The summed E-state index contributed by atoms with van der Waals surface area (Å²) in [5.74, 6) is -0.481. The summed E-state index contributed by atoms with van der Waals surface area (Å²) in [6, 6.07) is 21.0. The van der Waals surface area contributed by atoms with Gasteiger partial charge in [0.25, 0.3) is 5.91 Å². The number of hydrogen-bond donors (Lipinski definition) is 1. The van der Waals surface area contributed by atoms with Crippen LogP contribution >= 0.6 is 11.6 Å². The second-order valence-corrected chi connectivity index (χ2v) is 12.5. The quantitative estimate of drug-likeness (QED) is 0.274. The first-order valence-electron chi connectivity index (χ1n) is 15.5. The second-order valence-electron chi connectivity index (χ2n) is 12.0. The smallest absolute Gasteiger partial charge is 0.287 e. The molecule has 2 aliphatic heterocycles. The second kappa shape index (κ2) is 13.3. The lowest BCUT2D eigenvalue weighted by Crippen LogP contribution is -2.51. The van der Waals surface area contributed by atoms with E-state index in [0.717, 1.165) is 42.5 Å². The Kier molecular flexibility index (Phi) is 9.03. The highest BCUT2D eigenvalue weighted by Gasteiger charge is 2.32. The van der Waals surface area contributed by atoms with Gasteiger partial charge in [-0.25, -0.2) is 0 Å². The maximum absolute atomic E-state index is 14.0. The number of fused-ring (bicyclic) bond motifs is 1. The van der Waals surface area contributed by atoms with Crippen molar-refractivity contribution < 1.29 is 18.8 Å². The van der Waals surface area contributed by atoms with Crippen molar-refractivity contribution in [3.63, 3.8) is 0 Å². The molecule has 0 aliphatic carbocycles. The van der Waals surface area contributed by atoms with Gasteiger partial charge >= 0.3 is 0 Å². The van der Waals surface area contributed by atoms with E-state index in [1.807, 2.05) is 47.1 Å². The van der Waals surface area contributed by atoms with Crippen LogP contribution in [0.4, 0.5) is 0 Å². The summed E-state index contributed by atoms with van der Waals surface area (Å²) in [4.78, 5) is 56.2. The van der Waals surface area contributed by atoms with Crippen LogP contribution in [0.5, 0.6) is 0 Å². The van der Waals surface area contributed by atoms with E-state index in [1.165, 1.54) is 11.6 Å². The van der Waals surface area contributed by atoms with Crippen LogP contribution in [0.2, 0.25) is 5.02 Å². The average Bonchev–Trinajstić information content (AvgIpc) is 3.45. The highest BCUT2D eigenvalue weighted by atomic mass is 35.5. The number of hydrogen-bond acceptors (Lipinski definition) is 5. The summed E-state index contributed by atoms with van der Waals surface area (Å²) in [7, 11) is 0. The number of piperidine rings is 1. The van der Waals surface area contributed by atoms with Crippen LogP contribution in [0.25, 0.3) is 11.0 Å². The summed E-state index contributed by atoms with van der Waals surface area (Å²) < 4.78 is 5.80. The minimum atomic E-state index is -0.872. The van der Waals surface area contributed by atoms with Crippen molar-refractivity contribution in [2.24, 2.45) is 0 Å². The molecule has 0 spiro atoms. The van der Waals surface area contributed by atoms with Crippen molar-refractivity contribution in [1.82, 2.24) is 15.1 Å². The lowest BCUT2D eigenvalue weighted by molar-refractivity contribution is -0.134. The Labute approximate surface area is 267 Å². The zero-order chi connectivity index (χ0) is 31.5. The maximum atomic E-state index is 14.0. The normalized spacial score (nSPS) is 16.3. The number of nitrogens with zero attached hydrogens (tertiary/aromatic N) is 2. The van der Waals surface area contributed by atoms with Gasteiger partial charge in [-0.2, -0.15) is 0 Å². The molecule has 2 aliphatic rings. The number of carbonyl (C=O) groups is 3. The summed E-state index contributed by atoms with van der Waals surface area (Å²) >= 11 is 6.09. The van der Waals surface area contributed by atoms with E-state index in [0.29, 0.717) is 42.0 Å². The van der Waals surface area contributed by atoms with E-state index < -0.39 is 11.9 Å². The number of rotatable bonds is 8. The molecule has 1 aromatic heterocycles. The Hall–Kier alpha value is -4.43. The number of benzene rings is 3. The van der Waals surface area contributed by atoms with Gasteiger partial charge in [0.05, 0.1) is 5.39 Å². The fourth-order valence-corrected chi connectivity index (χ4v) is 6.58. The van der Waals surface area contributed by atoms with E-state index in [1.54, 1.807) is 24.3 Å². The fraction of sp³-hybridized carbons (Fsp3) is 0.333. The van der Waals surface area contributed by atoms with Gasteiger partial charge in [-0.15, -0.1) is 0 Å². The molecule has 9 heteroatoms. The van der Waals surface area contributed by atoms with Gasteiger partial charge in [-0.3, -0.25) is 19.2 Å². The lowest BCUT2D eigenvalue weighted by atomic mass is 9.86. The largest absolute Gasteiger partial charge is 0.451 e. The third-order valence-electron chi connectivity index (χ3n) is 8.90. The first-order chi connectivity index (χ1) is 21.7. The van der Waals surface area contributed by atoms with Crippen LogP contribution in [0.15, 0.2) is 82.0 Å². The molecule has 1 N–H and O–H groups in total. The molecule has 3 heterocycles. The van der Waals surface area contributed by atoms with E-state index in [4.69, 9.17) is 16.0 Å². The third kappa shape index (κ3) is 6.96. The molecule has 3 amide bonds. The molecule has 45 heavy (non-hydrogen) atoms. The van der Waals surface area contributed by atoms with Gasteiger partial charge in [0.15, 0.2) is 11.2 Å². The predicted molar refractivity (Wildman–Crippen MR) is 173 cm³/mol. The molecule has 4 aromatic rings. The standard InChI is InChI=1S/C36H36ClN3O5/c1-23-8-13-32-29(19-23)31(41)21-33(45-32)35(43)38-30(20-24-9-11-27(37)12-10-24)36(44)39-17-14-25(15-18-39)28-6-3-2-5-26(28)22-40-16-4-7-34(40)42/h2-3,5-6,8-13,19,21,25,30H,4,7,14-18,20,22H2,1H3,(H,38,43). The highest BCUT2D eigenvalue weighted by Crippen LogP contribution is 2.32. The molecule has 3 aromatic carbocycles. The van der Waals surface area contributed by atoms with Crippen LogP contribution < -0.4 is 10.7 Å². The van der Waals surface area contributed by atoms with Crippen LogP contribution in [-0.2, 0) is 22.6 Å². The molecule has 6 rings (SSSR count). The van der Waals surface area contributed by atoms with E-state index in [9.17, 15) is 19.2 Å². The summed E-state index contributed by atoms with van der Waals surface area (Å²) in [5.41, 5.74) is 4.15. The molecule has 2 saturated heterocycles. The minimum absolute atomic E-state index is 0.142. The number of carbonyl (C=O) groups excluding carboxylic acids is 3.